The number of benzene rings is 2. The predicted octanol–water partition coefficient (Wildman–Crippen LogP) is 3.33. The number of hydrazone groups is 2. The van der Waals surface area contributed by atoms with E-state index in [2.05, 4.69) is 21.1 Å². The minimum Gasteiger partial charge on any atom is -0.272 e. The summed E-state index contributed by atoms with van der Waals surface area (Å²) in [4.78, 5) is 23.4. The zero-order chi connectivity index (χ0) is 19.5. The standard InChI is InChI=1S/C18H16Cl2N4O2S/c19-15-7-3-1-5-13(15)9-21-23-17(25)11-27-12-18(26)24-22-10-14-6-2-4-8-16(14)20/h1-10H,11-12H2,(H,23,25)(H,24,26)/b21-9-,22-10+. The van der Waals surface area contributed by atoms with Crippen LogP contribution in [0.15, 0.2) is 58.7 Å². The molecule has 27 heavy (non-hydrogen) atoms. The number of amides is 2. The van der Waals surface area contributed by atoms with Crippen LogP contribution in [0.3, 0.4) is 0 Å². The third-order valence-corrected chi connectivity index (χ3v) is 4.68. The molecule has 2 rings (SSSR count). The Labute approximate surface area is 171 Å². The minimum absolute atomic E-state index is 0.0848. The molecule has 6 nitrogen and oxygen atoms in total. The normalized spacial score (nSPS) is 11.0. The lowest BCUT2D eigenvalue weighted by molar-refractivity contribution is -0.118. The van der Waals surface area contributed by atoms with Crippen molar-refractivity contribution in [3.8, 4) is 0 Å². The molecular weight excluding hydrogens is 407 g/mol. The van der Waals surface area contributed by atoms with E-state index >= 15 is 0 Å². The average Bonchev–Trinajstić information content (AvgIpc) is 2.65. The number of carbonyl (C=O) groups excluding carboxylic acids is 2. The number of thioether (sulfide) groups is 1. The lowest BCUT2D eigenvalue weighted by Gasteiger charge is -2.01. The van der Waals surface area contributed by atoms with Gasteiger partial charge in [0.25, 0.3) is 0 Å². The fraction of sp³-hybridized carbons (Fsp3) is 0.111. The van der Waals surface area contributed by atoms with Gasteiger partial charge >= 0.3 is 0 Å². The van der Waals surface area contributed by atoms with Gasteiger partial charge in [0.05, 0.1) is 23.9 Å². The highest BCUT2D eigenvalue weighted by Gasteiger charge is 2.04. The van der Waals surface area contributed by atoms with Gasteiger partial charge in [-0.05, 0) is 12.1 Å². The van der Waals surface area contributed by atoms with Crippen molar-refractivity contribution >= 4 is 59.2 Å². The molecule has 0 saturated carbocycles. The number of halogens is 2. The smallest absolute Gasteiger partial charge is 0.250 e. The summed E-state index contributed by atoms with van der Waals surface area (Å²) >= 11 is 13.1. The molecular formula is C18H16Cl2N4O2S. The Hall–Kier alpha value is -2.35. The van der Waals surface area contributed by atoms with Crippen LogP contribution in [0.5, 0.6) is 0 Å². The molecule has 2 N–H and O–H groups in total. The quantitative estimate of drug-likeness (QED) is 0.505. The fourth-order valence-electron chi connectivity index (χ4n) is 1.81. The van der Waals surface area contributed by atoms with Crippen molar-refractivity contribution in [2.75, 3.05) is 11.5 Å². The number of rotatable bonds is 8. The Morgan fingerprint density at radius 2 is 1.22 bits per heavy atom. The van der Waals surface area contributed by atoms with E-state index in [4.69, 9.17) is 23.2 Å². The second kappa shape index (κ2) is 11.4. The van der Waals surface area contributed by atoms with Crippen LogP contribution in [0.25, 0.3) is 0 Å². The summed E-state index contributed by atoms with van der Waals surface area (Å²) in [5, 5.41) is 8.75. The Kier molecular flexibility index (Phi) is 8.83. The zero-order valence-corrected chi connectivity index (χ0v) is 16.4. The van der Waals surface area contributed by atoms with Crippen LogP contribution in [0.4, 0.5) is 0 Å². The number of carbonyl (C=O) groups is 2. The van der Waals surface area contributed by atoms with Gasteiger partial charge in [0.1, 0.15) is 0 Å². The first-order chi connectivity index (χ1) is 13.1. The summed E-state index contributed by atoms with van der Waals surface area (Å²) < 4.78 is 0. The van der Waals surface area contributed by atoms with Gasteiger partial charge in [-0.15, -0.1) is 11.8 Å². The fourth-order valence-corrected chi connectivity index (χ4v) is 2.78. The van der Waals surface area contributed by atoms with E-state index < -0.39 is 0 Å². The Morgan fingerprint density at radius 3 is 1.63 bits per heavy atom. The maximum atomic E-state index is 11.7. The summed E-state index contributed by atoms with van der Waals surface area (Å²) in [5.74, 6) is -0.477. The van der Waals surface area contributed by atoms with Crippen LogP contribution in [0.2, 0.25) is 10.0 Å². The zero-order valence-electron chi connectivity index (χ0n) is 14.1. The predicted molar refractivity (Wildman–Crippen MR) is 112 cm³/mol. The average molecular weight is 423 g/mol. The molecule has 2 aromatic carbocycles. The number of hydrogen-bond donors (Lipinski definition) is 2. The number of hydrogen-bond acceptors (Lipinski definition) is 5. The van der Waals surface area contributed by atoms with E-state index in [1.165, 1.54) is 12.4 Å². The molecule has 0 spiro atoms. The molecule has 0 radical (unpaired) electrons. The van der Waals surface area contributed by atoms with E-state index in [1.54, 1.807) is 36.4 Å². The molecule has 0 atom stereocenters. The molecule has 2 amide bonds. The van der Waals surface area contributed by atoms with E-state index in [9.17, 15) is 9.59 Å². The van der Waals surface area contributed by atoms with Crippen LogP contribution in [-0.4, -0.2) is 35.7 Å². The molecule has 0 heterocycles. The summed E-state index contributed by atoms with van der Waals surface area (Å²) in [6, 6.07) is 14.3. The van der Waals surface area contributed by atoms with Gasteiger partial charge in [0.15, 0.2) is 0 Å². The molecule has 0 fully saturated rings. The van der Waals surface area contributed by atoms with E-state index in [0.29, 0.717) is 21.2 Å². The van der Waals surface area contributed by atoms with Gasteiger partial charge in [0, 0.05) is 21.2 Å². The van der Waals surface area contributed by atoms with Crippen LogP contribution in [-0.2, 0) is 9.59 Å². The minimum atomic E-state index is -0.323. The summed E-state index contributed by atoms with van der Waals surface area (Å²) in [6.45, 7) is 0. The summed E-state index contributed by atoms with van der Waals surface area (Å²) in [7, 11) is 0. The lowest BCUT2D eigenvalue weighted by Crippen LogP contribution is -2.23. The van der Waals surface area contributed by atoms with E-state index in [0.717, 1.165) is 11.8 Å². The maximum absolute atomic E-state index is 11.7. The molecule has 0 aliphatic carbocycles. The maximum Gasteiger partial charge on any atom is 0.250 e. The van der Waals surface area contributed by atoms with Gasteiger partial charge in [-0.3, -0.25) is 9.59 Å². The first-order valence-corrected chi connectivity index (χ1v) is 9.68. The number of nitrogens with one attached hydrogen (secondary N) is 2. The molecule has 0 aliphatic heterocycles. The second-order valence-corrected chi connectivity index (χ2v) is 6.92. The Balaban J connectivity index is 1.65. The summed E-state index contributed by atoms with van der Waals surface area (Å²) in [5.41, 5.74) is 6.15. The van der Waals surface area contributed by atoms with E-state index in [1.807, 2.05) is 12.1 Å². The van der Waals surface area contributed by atoms with Gasteiger partial charge in [0.2, 0.25) is 11.8 Å². The SMILES string of the molecule is O=C(CSCC(=O)N/N=C/c1ccccc1Cl)N/N=C\c1ccccc1Cl. The van der Waals surface area contributed by atoms with Crippen LogP contribution in [0.1, 0.15) is 11.1 Å². The highest BCUT2D eigenvalue weighted by molar-refractivity contribution is 8.00. The van der Waals surface area contributed by atoms with Crippen LogP contribution >= 0.6 is 35.0 Å². The number of nitrogens with zero attached hydrogens (tertiary/aromatic N) is 2. The van der Waals surface area contributed by atoms with Gasteiger partial charge in [-0.1, -0.05) is 59.6 Å². The van der Waals surface area contributed by atoms with Gasteiger partial charge in [-0.25, -0.2) is 10.9 Å². The van der Waals surface area contributed by atoms with Crippen LogP contribution in [0, 0.1) is 0 Å². The summed E-state index contributed by atoms with van der Waals surface area (Å²) in [6.07, 6.45) is 2.92. The molecule has 0 bridgehead atoms. The van der Waals surface area contributed by atoms with Crippen molar-refractivity contribution in [1.29, 1.82) is 0 Å². The second-order valence-electron chi connectivity index (χ2n) is 5.12. The third-order valence-electron chi connectivity index (χ3n) is 3.06. The first kappa shape index (κ1) is 21.0. The third kappa shape index (κ3) is 7.82. The van der Waals surface area contributed by atoms with Crippen molar-refractivity contribution in [3.05, 3.63) is 69.7 Å². The van der Waals surface area contributed by atoms with Crippen molar-refractivity contribution in [1.82, 2.24) is 10.9 Å². The van der Waals surface area contributed by atoms with Crippen molar-refractivity contribution < 1.29 is 9.59 Å². The van der Waals surface area contributed by atoms with E-state index in [-0.39, 0.29) is 23.3 Å². The topological polar surface area (TPSA) is 82.9 Å². The molecule has 9 heteroatoms. The van der Waals surface area contributed by atoms with Gasteiger partial charge in [-0.2, -0.15) is 10.2 Å². The largest absolute Gasteiger partial charge is 0.272 e. The lowest BCUT2D eigenvalue weighted by atomic mass is 10.2. The van der Waals surface area contributed by atoms with Crippen molar-refractivity contribution in [2.24, 2.45) is 10.2 Å². The molecule has 140 valence electrons. The highest BCUT2D eigenvalue weighted by Crippen LogP contribution is 2.12. The van der Waals surface area contributed by atoms with Gasteiger partial charge < -0.3 is 0 Å². The Morgan fingerprint density at radius 1 is 0.815 bits per heavy atom. The van der Waals surface area contributed by atoms with Crippen molar-refractivity contribution in [2.45, 2.75) is 0 Å². The molecule has 0 aliphatic rings. The molecule has 0 unspecified atom stereocenters. The molecule has 0 saturated heterocycles. The Bertz CT molecular complexity index is 789. The molecule has 0 aromatic heterocycles. The molecule has 2 aromatic rings. The monoisotopic (exact) mass is 422 g/mol. The first-order valence-electron chi connectivity index (χ1n) is 7.77. The van der Waals surface area contributed by atoms with Crippen LogP contribution < -0.4 is 10.9 Å². The highest BCUT2D eigenvalue weighted by atomic mass is 35.5. The van der Waals surface area contributed by atoms with Crippen molar-refractivity contribution in [3.63, 3.8) is 0 Å².